The standard InChI is InChI=1S/C15H16ClNO3S/c1-20-15(12-5-3-2-4-6-12)11-17-21(18,19)14-9-7-13(16)8-10-14/h2-10,15,17H,11H2,1H3/t15-/m1/s1. The molecule has 4 nitrogen and oxygen atoms in total. The highest BCUT2D eigenvalue weighted by Gasteiger charge is 2.17. The van der Waals surface area contributed by atoms with E-state index in [4.69, 9.17) is 16.3 Å². The molecule has 0 unspecified atom stereocenters. The van der Waals surface area contributed by atoms with E-state index in [1.54, 1.807) is 19.2 Å². The van der Waals surface area contributed by atoms with Gasteiger partial charge in [-0.1, -0.05) is 41.9 Å². The fourth-order valence-electron chi connectivity index (χ4n) is 1.89. The van der Waals surface area contributed by atoms with Gasteiger partial charge < -0.3 is 4.74 Å². The quantitative estimate of drug-likeness (QED) is 0.888. The third-order valence-electron chi connectivity index (χ3n) is 3.04. The molecular weight excluding hydrogens is 310 g/mol. The van der Waals surface area contributed by atoms with Gasteiger partial charge in [-0.2, -0.15) is 0 Å². The molecule has 0 fully saturated rings. The van der Waals surface area contributed by atoms with Crippen molar-refractivity contribution in [3.8, 4) is 0 Å². The summed E-state index contributed by atoms with van der Waals surface area (Å²) in [6.45, 7) is 0.158. The molecule has 0 bridgehead atoms. The average Bonchev–Trinajstić information content (AvgIpc) is 2.49. The Morgan fingerprint density at radius 3 is 2.29 bits per heavy atom. The van der Waals surface area contributed by atoms with Crippen molar-refractivity contribution in [2.45, 2.75) is 11.0 Å². The molecule has 0 aliphatic carbocycles. The molecule has 0 aliphatic rings. The lowest BCUT2D eigenvalue weighted by Crippen LogP contribution is -2.29. The van der Waals surface area contributed by atoms with Gasteiger partial charge in [-0.05, 0) is 29.8 Å². The Bertz CT molecular complexity index is 672. The average molecular weight is 326 g/mol. The van der Waals surface area contributed by atoms with Crippen molar-refractivity contribution in [2.24, 2.45) is 0 Å². The second-order valence-corrected chi connectivity index (χ2v) is 6.64. The van der Waals surface area contributed by atoms with Crippen molar-refractivity contribution < 1.29 is 13.2 Å². The summed E-state index contributed by atoms with van der Waals surface area (Å²) in [5.41, 5.74) is 0.916. The SMILES string of the molecule is CO[C@H](CNS(=O)(=O)c1ccc(Cl)cc1)c1ccccc1. The summed E-state index contributed by atoms with van der Waals surface area (Å²) in [6.07, 6.45) is -0.340. The lowest BCUT2D eigenvalue weighted by molar-refractivity contribution is 0.107. The van der Waals surface area contributed by atoms with Crippen molar-refractivity contribution >= 4 is 21.6 Å². The van der Waals surface area contributed by atoms with Crippen LogP contribution in [0.2, 0.25) is 5.02 Å². The maximum atomic E-state index is 12.2. The van der Waals surface area contributed by atoms with Gasteiger partial charge in [0, 0.05) is 18.7 Å². The Morgan fingerprint density at radius 2 is 1.71 bits per heavy atom. The van der Waals surface area contributed by atoms with Crippen LogP contribution in [0, 0.1) is 0 Å². The van der Waals surface area contributed by atoms with Crippen molar-refractivity contribution in [3.05, 3.63) is 65.2 Å². The number of rotatable bonds is 6. The Labute approximate surface area is 129 Å². The number of nitrogens with one attached hydrogen (secondary N) is 1. The normalized spacial score (nSPS) is 13.0. The number of hydrogen-bond acceptors (Lipinski definition) is 3. The van der Waals surface area contributed by atoms with E-state index in [1.165, 1.54) is 12.1 Å². The summed E-state index contributed by atoms with van der Waals surface area (Å²) in [5, 5.41) is 0.494. The Kier molecular flexibility index (Phi) is 5.36. The fourth-order valence-corrected chi connectivity index (χ4v) is 3.05. The second kappa shape index (κ2) is 7.04. The molecule has 2 aromatic carbocycles. The minimum Gasteiger partial charge on any atom is -0.375 e. The molecule has 1 N–H and O–H groups in total. The van der Waals surface area contributed by atoms with Gasteiger partial charge in [0.25, 0.3) is 0 Å². The van der Waals surface area contributed by atoms with E-state index < -0.39 is 10.0 Å². The summed E-state index contributed by atoms with van der Waals surface area (Å²) in [6, 6.07) is 15.5. The number of ether oxygens (including phenoxy) is 1. The number of sulfonamides is 1. The molecule has 0 saturated carbocycles. The van der Waals surface area contributed by atoms with Crippen molar-refractivity contribution in [2.75, 3.05) is 13.7 Å². The zero-order valence-corrected chi connectivity index (χ0v) is 13.1. The fraction of sp³-hybridized carbons (Fsp3) is 0.200. The molecule has 2 rings (SSSR count). The molecule has 0 amide bonds. The van der Waals surface area contributed by atoms with E-state index in [9.17, 15) is 8.42 Å². The number of halogens is 1. The Balaban J connectivity index is 2.08. The van der Waals surface area contributed by atoms with Crippen LogP contribution in [0.5, 0.6) is 0 Å². The van der Waals surface area contributed by atoms with E-state index in [1.807, 2.05) is 30.3 Å². The predicted octanol–water partition coefficient (Wildman–Crippen LogP) is 3.01. The largest absolute Gasteiger partial charge is 0.375 e. The lowest BCUT2D eigenvalue weighted by Gasteiger charge is -2.16. The number of methoxy groups -OCH3 is 1. The first-order valence-corrected chi connectivity index (χ1v) is 8.22. The second-order valence-electron chi connectivity index (χ2n) is 4.44. The van der Waals surface area contributed by atoms with E-state index in [0.29, 0.717) is 5.02 Å². The first-order chi connectivity index (χ1) is 10.0. The van der Waals surface area contributed by atoms with Crippen LogP contribution in [0.25, 0.3) is 0 Å². The smallest absolute Gasteiger partial charge is 0.240 e. The molecule has 6 heteroatoms. The number of benzene rings is 2. The van der Waals surface area contributed by atoms with Crippen molar-refractivity contribution in [1.29, 1.82) is 0 Å². The zero-order valence-electron chi connectivity index (χ0n) is 11.5. The minimum atomic E-state index is -3.58. The van der Waals surface area contributed by atoms with Crippen LogP contribution >= 0.6 is 11.6 Å². The van der Waals surface area contributed by atoms with E-state index >= 15 is 0 Å². The number of hydrogen-bond donors (Lipinski definition) is 1. The Morgan fingerprint density at radius 1 is 1.10 bits per heavy atom. The first kappa shape index (κ1) is 16.0. The molecule has 0 aliphatic heterocycles. The molecule has 0 radical (unpaired) electrons. The van der Waals surface area contributed by atoms with Crippen LogP contribution in [0.15, 0.2) is 59.5 Å². The van der Waals surface area contributed by atoms with Gasteiger partial charge in [-0.25, -0.2) is 13.1 Å². The van der Waals surface area contributed by atoms with Crippen molar-refractivity contribution in [1.82, 2.24) is 4.72 Å². The highest BCUT2D eigenvalue weighted by Crippen LogP contribution is 2.17. The van der Waals surface area contributed by atoms with Crippen LogP contribution in [0.1, 0.15) is 11.7 Å². The van der Waals surface area contributed by atoms with Gasteiger partial charge in [0.05, 0.1) is 11.0 Å². The molecule has 21 heavy (non-hydrogen) atoms. The highest BCUT2D eigenvalue weighted by atomic mass is 35.5. The minimum absolute atomic E-state index is 0.158. The van der Waals surface area contributed by atoms with Gasteiger partial charge in [0.1, 0.15) is 0 Å². The van der Waals surface area contributed by atoms with Crippen LogP contribution in [-0.4, -0.2) is 22.1 Å². The maximum absolute atomic E-state index is 12.2. The predicted molar refractivity (Wildman–Crippen MR) is 82.8 cm³/mol. The molecule has 1 atom stereocenters. The summed E-state index contributed by atoms with van der Waals surface area (Å²) in [7, 11) is -2.03. The third kappa shape index (κ3) is 4.28. The van der Waals surface area contributed by atoms with Crippen LogP contribution < -0.4 is 4.72 Å². The van der Waals surface area contributed by atoms with Crippen LogP contribution in [-0.2, 0) is 14.8 Å². The summed E-state index contributed by atoms with van der Waals surface area (Å²) >= 11 is 5.76. The maximum Gasteiger partial charge on any atom is 0.240 e. The highest BCUT2D eigenvalue weighted by molar-refractivity contribution is 7.89. The zero-order chi connectivity index (χ0) is 15.3. The van der Waals surface area contributed by atoms with Crippen molar-refractivity contribution in [3.63, 3.8) is 0 Å². The molecule has 0 aromatic heterocycles. The first-order valence-electron chi connectivity index (χ1n) is 6.36. The third-order valence-corrected chi connectivity index (χ3v) is 4.73. The molecule has 2 aromatic rings. The summed E-state index contributed by atoms with van der Waals surface area (Å²) < 4.78 is 32.3. The van der Waals surface area contributed by atoms with E-state index in [-0.39, 0.29) is 17.5 Å². The lowest BCUT2D eigenvalue weighted by atomic mass is 10.1. The topological polar surface area (TPSA) is 55.4 Å². The molecule has 0 heterocycles. The molecular formula is C15H16ClNO3S. The van der Waals surface area contributed by atoms with Gasteiger partial charge in [0.15, 0.2) is 0 Å². The molecule has 0 spiro atoms. The monoisotopic (exact) mass is 325 g/mol. The van der Waals surface area contributed by atoms with Gasteiger partial charge in [0.2, 0.25) is 10.0 Å². The Hall–Kier alpha value is -1.40. The van der Waals surface area contributed by atoms with Gasteiger partial charge in [-0.15, -0.1) is 0 Å². The van der Waals surface area contributed by atoms with Gasteiger partial charge in [-0.3, -0.25) is 0 Å². The van der Waals surface area contributed by atoms with Crippen LogP contribution in [0.3, 0.4) is 0 Å². The summed E-state index contributed by atoms with van der Waals surface area (Å²) in [5.74, 6) is 0. The van der Waals surface area contributed by atoms with Gasteiger partial charge >= 0.3 is 0 Å². The van der Waals surface area contributed by atoms with E-state index in [2.05, 4.69) is 4.72 Å². The molecule has 112 valence electrons. The van der Waals surface area contributed by atoms with Crippen LogP contribution in [0.4, 0.5) is 0 Å². The summed E-state index contributed by atoms with van der Waals surface area (Å²) in [4.78, 5) is 0.176. The molecule has 0 saturated heterocycles. The van der Waals surface area contributed by atoms with E-state index in [0.717, 1.165) is 5.56 Å².